The van der Waals surface area contributed by atoms with Gasteiger partial charge < -0.3 is 14.4 Å². The minimum Gasteiger partial charge on any atom is -0.310 e. The predicted octanol–water partition coefficient (Wildman–Crippen LogP) is 14.2. The van der Waals surface area contributed by atoms with Gasteiger partial charge in [-0.25, -0.2) is 0 Å². The highest BCUT2D eigenvalue weighted by Gasteiger charge is 2.30. The summed E-state index contributed by atoms with van der Waals surface area (Å²) in [6, 6.07) is 84.6. The molecule has 1 fully saturated rings. The number of hydrogen-bond donors (Lipinski definition) is 3. The van der Waals surface area contributed by atoms with Crippen molar-refractivity contribution in [3.8, 4) is 5.69 Å². The molecule has 0 saturated carbocycles. The highest BCUT2D eigenvalue weighted by atomic mass is 15.4. The van der Waals surface area contributed by atoms with Crippen molar-refractivity contribution in [3.05, 3.63) is 259 Å². The van der Waals surface area contributed by atoms with Crippen LogP contribution in [0.1, 0.15) is 40.8 Å². The summed E-state index contributed by atoms with van der Waals surface area (Å²) in [5.41, 5.74) is 14.8. The molecule has 0 radical (unpaired) electrons. The summed E-state index contributed by atoms with van der Waals surface area (Å²) in [7, 11) is 0. The van der Waals surface area contributed by atoms with Gasteiger partial charge in [0.15, 0.2) is 0 Å². The quantitative estimate of drug-likeness (QED) is 0.128. The fraction of sp³-hybridized carbons (Fsp3) is 0.0690. The number of anilines is 6. The Morgan fingerprint density at radius 2 is 0.672 bits per heavy atom. The van der Waals surface area contributed by atoms with Crippen LogP contribution in [0.25, 0.3) is 27.5 Å². The van der Waals surface area contributed by atoms with Crippen LogP contribution in [0.2, 0.25) is 0 Å². The molecule has 2 heterocycles. The number of nitrogens with zero attached hydrogens (tertiary/aromatic N) is 3. The lowest BCUT2D eigenvalue weighted by Crippen LogP contribution is -2.54. The average Bonchev–Trinajstić information content (AvgIpc) is 3.68. The summed E-state index contributed by atoms with van der Waals surface area (Å²) < 4.78 is 2.45. The maximum absolute atomic E-state index is 3.88. The summed E-state index contributed by atoms with van der Waals surface area (Å²) in [6.07, 6.45) is -0.191. The van der Waals surface area contributed by atoms with Crippen LogP contribution in [0.4, 0.5) is 34.1 Å². The van der Waals surface area contributed by atoms with Gasteiger partial charge in [0.25, 0.3) is 0 Å². The van der Waals surface area contributed by atoms with Gasteiger partial charge in [-0.3, -0.25) is 16.0 Å². The summed E-state index contributed by atoms with van der Waals surface area (Å²) >= 11 is 0. The van der Waals surface area contributed by atoms with Crippen molar-refractivity contribution in [2.24, 2.45) is 0 Å². The van der Waals surface area contributed by atoms with Gasteiger partial charge in [0.1, 0.15) is 0 Å². The number of aromatic nitrogens is 1. The first-order chi connectivity index (χ1) is 31.7. The Balaban J connectivity index is 1.07. The van der Waals surface area contributed by atoms with Crippen LogP contribution in [0.3, 0.4) is 0 Å². The van der Waals surface area contributed by atoms with E-state index in [0.29, 0.717) is 0 Å². The fourth-order valence-corrected chi connectivity index (χ4v) is 9.36. The van der Waals surface area contributed by atoms with Crippen LogP contribution in [-0.2, 0) is 0 Å². The van der Waals surface area contributed by atoms with Gasteiger partial charge >= 0.3 is 0 Å². The van der Waals surface area contributed by atoms with Gasteiger partial charge in [0.05, 0.1) is 29.5 Å². The topological polar surface area (TPSA) is 47.5 Å². The Labute approximate surface area is 374 Å². The molecule has 6 heteroatoms. The van der Waals surface area contributed by atoms with Crippen LogP contribution in [-0.4, -0.2) is 4.57 Å². The van der Waals surface area contributed by atoms with E-state index in [1.54, 1.807) is 0 Å². The van der Waals surface area contributed by atoms with E-state index < -0.39 is 0 Å². The Morgan fingerprint density at radius 1 is 0.328 bits per heavy atom. The molecule has 1 aromatic heterocycles. The molecule has 11 rings (SSSR count). The third-order valence-corrected chi connectivity index (χ3v) is 12.4. The van der Waals surface area contributed by atoms with Crippen molar-refractivity contribution in [1.82, 2.24) is 20.5 Å². The largest absolute Gasteiger partial charge is 0.310 e. The fourth-order valence-electron chi connectivity index (χ4n) is 9.36. The summed E-state index contributed by atoms with van der Waals surface area (Å²) in [5, 5.41) is 13.9. The van der Waals surface area contributed by atoms with Gasteiger partial charge in [0, 0.05) is 50.6 Å². The van der Waals surface area contributed by atoms with Crippen LogP contribution in [0.5, 0.6) is 0 Å². The highest BCUT2D eigenvalue weighted by Crippen LogP contribution is 2.43. The number of fused-ring (bicyclic) bond motifs is 3. The number of para-hydroxylation sites is 4. The first kappa shape index (κ1) is 39.1. The van der Waals surface area contributed by atoms with Crippen molar-refractivity contribution in [2.75, 3.05) is 9.80 Å². The van der Waals surface area contributed by atoms with E-state index in [9.17, 15) is 0 Å². The molecule has 1 aliphatic heterocycles. The lowest BCUT2D eigenvalue weighted by Gasteiger charge is -2.39. The zero-order valence-corrected chi connectivity index (χ0v) is 35.6. The van der Waals surface area contributed by atoms with Gasteiger partial charge in [-0.15, -0.1) is 0 Å². The molecule has 10 aromatic rings. The molecule has 9 aromatic carbocycles. The molecule has 310 valence electrons. The minimum absolute atomic E-state index is 0.0453. The Kier molecular flexibility index (Phi) is 10.5. The van der Waals surface area contributed by atoms with Crippen molar-refractivity contribution >= 4 is 55.9 Å². The van der Waals surface area contributed by atoms with E-state index >= 15 is 0 Å². The lowest BCUT2D eigenvalue weighted by molar-refractivity contribution is 0.203. The zero-order chi connectivity index (χ0) is 42.8. The monoisotopic (exact) mass is 828 g/mol. The number of hydrogen-bond acceptors (Lipinski definition) is 5. The van der Waals surface area contributed by atoms with Gasteiger partial charge in [-0.05, 0) is 120 Å². The molecular weight excluding hydrogens is 781 g/mol. The smallest absolute Gasteiger partial charge is 0.0864 e. The van der Waals surface area contributed by atoms with Crippen molar-refractivity contribution in [1.29, 1.82) is 0 Å². The van der Waals surface area contributed by atoms with Gasteiger partial charge in [-0.2, -0.15) is 0 Å². The molecule has 6 nitrogen and oxygen atoms in total. The number of nitrogens with one attached hydrogen (secondary N) is 3. The maximum atomic E-state index is 3.88. The molecule has 2 unspecified atom stereocenters. The normalized spacial score (nSPS) is 16.2. The molecule has 2 atom stereocenters. The van der Waals surface area contributed by atoms with Crippen molar-refractivity contribution in [3.63, 3.8) is 0 Å². The number of rotatable bonds is 10. The minimum atomic E-state index is -0.100. The summed E-state index contributed by atoms with van der Waals surface area (Å²) in [6.45, 7) is 2.24. The zero-order valence-electron chi connectivity index (χ0n) is 35.6. The van der Waals surface area contributed by atoms with Gasteiger partial charge in [-0.1, -0.05) is 146 Å². The number of aryl methyl sites for hydroxylation is 1. The molecule has 0 aliphatic carbocycles. The molecule has 0 amide bonds. The maximum Gasteiger partial charge on any atom is 0.0864 e. The third kappa shape index (κ3) is 7.50. The SMILES string of the molecule is Cc1cc(C2NC(c3ccccc3)NC(c3ccccc3)N2)ccc1-n1c2ccc(N(c3ccccc3)c3ccccc3)cc2c2cc(N(c3ccccc3)c3ccccc3)ccc21. The van der Waals surface area contributed by atoms with E-state index in [1.807, 2.05) is 0 Å². The standard InChI is InChI=1S/C58H48N6/c1-41-38-44(58-60-56(42-20-8-2-9-21-42)59-57(61-58)43-22-10-3-11-23-43)32-35-53(41)64-54-36-33-49(62(45-24-12-4-13-25-45)46-26-14-5-15-27-46)39-51(54)52-40-50(34-37-55(52)64)63(47-28-16-6-17-29-47)48-30-18-7-19-31-48/h2-40,56-61H,1H3. The molecule has 3 N–H and O–H groups in total. The Hall–Kier alpha value is -7.74. The number of benzene rings is 9. The second kappa shape index (κ2) is 17.2. The molecule has 1 saturated heterocycles. The molecule has 0 spiro atoms. The van der Waals surface area contributed by atoms with Crippen molar-refractivity contribution < 1.29 is 0 Å². The van der Waals surface area contributed by atoms with Crippen molar-refractivity contribution in [2.45, 2.75) is 25.4 Å². The second-order valence-corrected chi connectivity index (χ2v) is 16.4. The summed E-state index contributed by atoms with van der Waals surface area (Å²) in [5.74, 6) is 0. The Morgan fingerprint density at radius 3 is 1.03 bits per heavy atom. The first-order valence-electron chi connectivity index (χ1n) is 22.0. The second-order valence-electron chi connectivity index (χ2n) is 16.4. The first-order valence-corrected chi connectivity index (χ1v) is 22.0. The van der Waals surface area contributed by atoms with E-state index in [0.717, 1.165) is 50.8 Å². The van der Waals surface area contributed by atoms with Crippen LogP contribution in [0.15, 0.2) is 237 Å². The molecule has 1 aliphatic rings. The molecule has 64 heavy (non-hydrogen) atoms. The Bertz CT molecular complexity index is 2890. The lowest BCUT2D eigenvalue weighted by atomic mass is 10.0. The predicted molar refractivity (Wildman–Crippen MR) is 265 cm³/mol. The third-order valence-electron chi connectivity index (χ3n) is 12.4. The van der Waals surface area contributed by atoms with E-state index in [1.165, 1.54) is 33.0 Å². The van der Waals surface area contributed by atoms with Crippen LogP contribution >= 0.6 is 0 Å². The average molecular weight is 829 g/mol. The highest BCUT2D eigenvalue weighted by molar-refractivity contribution is 6.12. The van der Waals surface area contributed by atoms with E-state index in [2.05, 4.69) is 274 Å². The molecular formula is C58H48N6. The van der Waals surface area contributed by atoms with Gasteiger partial charge in [0.2, 0.25) is 0 Å². The summed E-state index contributed by atoms with van der Waals surface area (Å²) in [4.78, 5) is 4.69. The van der Waals surface area contributed by atoms with Crippen LogP contribution in [0, 0.1) is 6.92 Å². The van der Waals surface area contributed by atoms with E-state index in [4.69, 9.17) is 0 Å². The van der Waals surface area contributed by atoms with E-state index in [-0.39, 0.29) is 18.5 Å². The van der Waals surface area contributed by atoms with Crippen LogP contribution < -0.4 is 25.8 Å². The molecule has 0 bridgehead atoms.